The van der Waals surface area contributed by atoms with Gasteiger partial charge in [0.05, 0.1) is 0 Å². The van der Waals surface area contributed by atoms with Crippen molar-refractivity contribution in [2.24, 2.45) is 5.11 Å². The van der Waals surface area contributed by atoms with Crippen LogP contribution in [0, 0.1) is 0 Å². The molecule has 0 amide bonds. The van der Waals surface area contributed by atoms with Gasteiger partial charge in [-0.1, -0.05) is 35.4 Å². The number of rotatable bonds is 1. The van der Waals surface area contributed by atoms with Gasteiger partial charge in [-0.05, 0) is 5.53 Å². The summed E-state index contributed by atoms with van der Waals surface area (Å²) < 4.78 is 0. The lowest BCUT2D eigenvalue weighted by atomic mass is 10.3. The second-order valence-electron chi connectivity index (χ2n) is 1.52. The van der Waals surface area contributed by atoms with Crippen LogP contribution >= 0.6 is 0 Å². The summed E-state index contributed by atoms with van der Waals surface area (Å²) in [4.78, 5) is 2.63. The van der Waals surface area contributed by atoms with Crippen molar-refractivity contribution in [3.63, 3.8) is 0 Å². The summed E-state index contributed by atoms with van der Waals surface area (Å²) in [6.07, 6.45) is 0. The van der Waals surface area contributed by atoms with Gasteiger partial charge in [-0.15, -0.1) is 13.2 Å². The lowest BCUT2D eigenvalue weighted by Crippen LogP contribution is -1.56. The van der Waals surface area contributed by atoms with E-state index in [4.69, 9.17) is 5.53 Å². The van der Waals surface area contributed by atoms with Gasteiger partial charge < -0.3 is 0 Å². The van der Waals surface area contributed by atoms with Crippen molar-refractivity contribution in [3.8, 4) is 0 Å². The SMILES string of the molecule is C=C.[N-]=[N+]=Nc1ccccc1. The second-order valence-corrected chi connectivity index (χ2v) is 1.52. The summed E-state index contributed by atoms with van der Waals surface area (Å²) in [6.45, 7) is 6.00. The maximum absolute atomic E-state index is 7.98. The molecule has 0 spiro atoms. The molecule has 3 heteroatoms. The Bertz CT molecular complexity index is 237. The van der Waals surface area contributed by atoms with E-state index in [0.717, 1.165) is 0 Å². The van der Waals surface area contributed by atoms with Crippen LogP contribution < -0.4 is 0 Å². The Balaban J connectivity index is 0.000000461. The zero-order valence-corrected chi connectivity index (χ0v) is 6.14. The molecular formula is C8H9N3. The Hall–Kier alpha value is -1.73. The molecule has 3 nitrogen and oxygen atoms in total. The predicted octanol–water partition coefficient (Wildman–Crippen LogP) is 3.43. The quantitative estimate of drug-likeness (QED) is 0.253. The fourth-order valence-corrected chi connectivity index (χ4v) is 0.546. The maximum Gasteiger partial charge on any atom is 0.0375 e. The molecule has 0 aliphatic heterocycles. The van der Waals surface area contributed by atoms with E-state index < -0.39 is 0 Å². The van der Waals surface area contributed by atoms with Crippen LogP contribution in [0.5, 0.6) is 0 Å². The second kappa shape index (κ2) is 6.39. The van der Waals surface area contributed by atoms with E-state index in [1.807, 2.05) is 18.2 Å². The lowest BCUT2D eigenvalue weighted by molar-refractivity contribution is 1.48. The Morgan fingerprint density at radius 3 is 2.18 bits per heavy atom. The van der Waals surface area contributed by atoms with Crippen LogP contribution in [0.3, 0.4) is 0 Å². The van der Waals surface area contributed by atoms with Gasteiger partial charge in [0.1, 0.15) is 0 Å². The van der Waals surface area contributed by atoms with Gasteiger partial charge >= 0.3 is 0 Å². The summed E-state index contributed by atoms with van der Waals surface area (Å²) in [5.74, 6) is 0. The molecule has 0 fully saturated rings. The summed E-state index contributed by atoms with van der Waals surface area (Å²) in [5, 5.41) is 3.39. The average molecular weight is 147 g/mol. The Kier molecular flexibility index (Phi) is 5.39. The van der Waals surface area contributed by atoms with Crippen LogP contribution in [-0.2, 0) is 0 Å². The third-order valence-electron chi connectivity index (χ3n) is 0.916. The van der Waals surface area contributed by atoms with E-state index in [9.17, 15) is 0 Å². The van der Waals surface area contributed by atoms with E-state index in [0.29, 0.717) is 5.69 Å². The Morgan fingerprint density at radius 2 is 1.73 bits per heavy atom. The topological polar surface area (TPSA) is 48.8 Å². The van der Waals surface area contributed by atoms with Gasteiger partial charge in [-0.3, -0.25) is 0 Å². The molecular weight excluding hydrogens is 138 g/mol. The van der Waals surface area contributed by atoms with Gasteiger partial charge in [0, 0.05) is 10.6 Å². The van der Waals surface area contributed by atoms with Gasteiger partial charge in [0.15, 0.2) is 0 Å². The molecule has 1 aromatic carbocycles. The molecule has 0 heterocycles. The third-order valence-corrected chi connectivity index (χ3v) is 0.916. The molecule has 1 aromatic rings. The standard InChI is InChI=1S/C6H5N3.C2H4/c7-9-8-6-4-2-1-3-5-6;1-2/h1-5H;1-2H2. The smallest absolute Gasteiger partial charge is 0.0375 e. The average Bonchev–Trinajstić information content (AvgIpc) is 2.11. The zero-order valence-electron chi connectivity index (χ0n) is 6.14. The van der Waals surface area contributed by atoms with Crippen molar-refractivity contribution in [2.45, 2.75) is 0 Å². The van der Waals surface area contributed by atoms with Crippen molar-refractivity contribution in [1.82, 2.24) is 0 Å². The molecule has 0 atom stereocenters. The fourth-order valence-electron chi connectivity index (χ4n) is 0.546. The van der Waals surface area contributed by atoms with Crippen LogP contribution in [0.25, 0.3) is 10.4 Å². The minimum absolute atomic E-state index is 0.653. The largest absolute Gasteiger partial charge is 0.106 e. The van der Waals surface area contributed by atoms with Gasteiger partial charge in [0.2, 0.25) is 0 Å². The first kappa shape index (κ1) is 9.27. The third kappa shape index (κ3) is 3.78. The molecule has 0 aliphatic rings. The molecule has 0 saturated heterocycles. The van der Waals surface area contributed by atoms with Crippen molar-refractivity contribution < 1.29 is 0 Å². The van der Waals surface area contributed by atoms with Gasteiger partial charge in [0.25, 0.3) is 0 Å². The normalized spacial score (nSPS) is 6.91. The van der Waals surface area contributed by atoms with E-state index >= 15 is 0 Å². The molecule has 0 bridgehead atoms. The molecule has 1 rings (SSSR count). The first-order chi connectivity index (χ1) is 5.43. The summed E-state index contributed by atoms with van der Waals surface area (Å²) >= 11 is 0. The van der Waals surface area contributed by atoms with Crippen molar-refractivity contribution >= 4 is 5.69 Å². The highest BCUT2D eigenvalue weighted by Gasteiger charge is 1.78. The monoisotopic (exact) mass is 147 g/mol. The number of nitrogens with zero attached hydrogens (tertiary/aromatic N) is 3. The molecule has 11 heavy (non-hydrogen) atoms. The van der Waals surface area contributed by atoms with Crippen molar-refractivity contribution in [3.05, 3.63) is 53.9 Å². The van der Waals surface area contributed by atoms with Gasteiger partial charge in [-0.2, -0.15) is 0 Å². The van der Waals surface area contributed by atoms with Crippen molar-refractivity contribution in [2.75, 3.05) is 0 Å². The molecule has 0 N–H and O–H groups in total. The number of azide groups is 1. The summed E-state index contributed by atoms with van der Waals surface area (Å²) in [5.41, 5.74) is 8.63. The Labute approximate surface area is 65.6 Å². The molecule has 0 unspecified atom stereocenters. The highest BCUT2D eigenvalue weighted by atomic mass is 15.1. The number of hydrogen-bond donors (Lipinski definition) is 0. The van der Waals surface area contributed by atoms with E-state index in [1.165, 1.54) is 0 Å². The molecule has 0 aliphatic carbocycles. The lowest BCUT2D eigenvalue weighted by Gasteiger charge is -1.83. The first-order valence-corrected chi connectivity index (χ1v) is 3.03. The Morgan fingerprint density at radius 1 is 1.18 bits per heavy atom. The highest BCUT2D eigenvalue weighted by molar-refractivity contribution is 5.35. The van der Waals surface area contributed by atoms with Gasteiger partial charge in [-0.25, -0.2) is 0 Å². The summed E-state index contributed by atoms with van der Waals surface area (Å²) in [7, 11) is 0. The highest BCUT2D eigenvalue weighted by Crippen LogP contribution is 2.08. The van der Waals surface area contributed by atoms with E-state index in [2.05, 4.69) is 23.2 Å². The minimum atomic E-state index is 0.653. The molecule has 0 saturated carbocycles. The zero-order chi connectivity index (χ0) is 8.53. The maximum atomic E-state index is 7.98. The van der Waals surface area contributed by atoms with Crippen molar-refractivity contribution in [1.29, 1.82) is 0 Å². The minimum Gasteiger partial charge on any atom is -0.106 e. The summed E-state index contributed by atoms with van der Waals surface area (Å²) in [6, 6.07) is 9.02. The molecule has 56 valence electrons. The van der Waals surface area contributed by atoms with E-state index in [-0.39, 0.29) is 0 Å². The van der Waals surface area contributed by atoms with E-state index in [1.54, 1.807) is 12.1 Å². The van der Waals surface area contributed by atoms with Crippen LogP contribution in [0.2, 0.25) is 0 Å². The van der Waals surface area contributed by atoms with Crippen LogP contribution in [0.4, 0.5) is 5.69 Å². The predicted molar refractivity (Wildman–Crippen MR) is 46.5 cm³/mol. The first-order valence-electron chi connectivity index (χ1n) is 3.03. The molecule has 0 radical (unpaired) electrons. The fraction of sp³-hybridized carbons (Fsp3) is 0. The number of benzene rings is 1. The van der Waals surface area contributed by atoms with Crippen LogP contribution in [0.1, 0.15) is 0 Å². The van der Waals surface area contributed by atoms with Crippen LogP contribution in [-0.4, -0.2) is 0 Å². The van der Waals surface area contributed by atoms with Crippen LogP contribution in [0.15, 0.2) is 48.6 Å². The molecule has 0 aromatic heterocycles. The number of hydrogen-bond acceptors (Lipinski definition) is 1.